The maximum Gasteiger partial charge on any atom is 0.0949 e. The van der Waals surface area contributed by atoms with Gasteiger partial charge in [0.05, 0.1) is 12.4 Å². The van der Waals surface area contributed by atoms with Gasteiger partial charge in [0.2, 0.25) is 0 Å². The summed E-state index contributed by atoms with van der Waals surface area (Å²) in [5.41, 5.74) is 0. The Morgan fingerprint density at radius 1 is 1.29 bits per heavy atom. The van der Waals surface area contributed by atoms with Crippen LogP contribution < -0.4 is 0 Å². The lowest BCUT2D eigenvalue weighted by atomic mass is 9.89. The second kappa shape index (κ2) is 4.13. The monoisotopic (exact) mass is 193 g/mol. The highest BCUT2D eigenvalue weighted by Gasteiger charge is 2.27. The molecule has 0 spiro atoms. The van der Waals surface area contributed by atoms with Gasteiger partial charge in [-0.15, -0.1) is 0 Å². The fourth-order valence-electron chi connectivity index (χ4n) is 2.51. The first kappa shape index (κ1) is 9.71. The molecule has 1 aliphatic carbocycles. The molecular formula is C11H19N3. The summed E-state index contributed by atoms with van der Waals surface area (Å²) in [7, 11) is 4.36. The summed E-state index contributed by atoms with van der Waals surface area (Å²) in [6, 6.07) is 1.30. The van der Waals surface area contributed by atoms with Gasteiger partial charge in [-0.05, 0) is 26.9 Å². The second-order valence-electron chi connectivity index (χ2n) is 4.39. The number of rotatable bonds is 2. The van der Waals surface area contributed by atoms with Gasteiger partial charge in [0, 0.05) is 18.4 Å². The van der Waals surface area contributed by atoms with Crippen molar-refractivity contribution >= 4 is 0 Å². The van der Waals surface area contributed by atoms with Gasteiger partial charge in [-0.2, -0.15) is 0 Å². The van der Waals surface area contributed by atoms with Gasteiger partial charge >= 0.3 is 0 Å². The zero-order valence-electron chi connectivity index (χ0n) is 9.06. The van der Waals surface area contributed by atoms with Gasteiger partial charge < -0.3 is 9.47 Å². The minimum absolute atomic E-state index is 0.626. The van der Waals surface area contributed by atoms with Gasteiger partial charge in [-0.1, -0.05) is 12.8 Å². The van der Waals surface area contributed by atoms with E-state index < -0.39 is 0 Å². The van der Waals surface area contributed by atoms with Gasteiger partial charge in [0.15, 0.2) is 0 Å². The SMILES string of the molecule is CN(C)C1CCCCC1n1ccnc1. The average Bonchev–Trinajstić information content (AvgIpc) is 2.70. The summed E-state index contributed by atoms with van der Waals surface area (Å²) in [4.78, 5) is 6.49. The maximum absolute atomic E-state index is 4.14. The van der Waals surface area contributed by atoms with E-state index in [1.54, 1.807) is 0 Å². The molecule has 78 valence electrons. The summed E-state index contributed by atoms with van der Waals surface area (Å²) in [5, 5.41) is 0. The Morgan fingerprint density at radius 2 is 2.07 bits per heavy atom. The normalized spacial score (nSPS) is 28.2. The number of hydrogen-bond acceptors (Lipinski definition) is 2. The van der Waals surface area contributed by atoms with Crippen LogP contribution in [0.5, 0.6) is 0 Å². The fourth-order valence-corrected chi connectivity index (χ4v) is 2.51. The number of hydrogen-bond donors (Lipinski definition) is 0. The molecule has 3 heteroatoms. The van der Waals surface area contributed by atoms with Crippen LogP contribution in [0.2, 0.25) is 0 Å². The third-order valence-electron chi connectivity index (χ3n) is 3.27. The summed E-state index contributed by atoms with van der Waals surface area (Å²) in [6.45, 7) is 0. The first-order chi connectivity index (χ1) is 6.79. The topological polar surface area (TPSA) is 21.1 Å². The molecule has 14 heavy (non-hydrogen) atoms. The highest BCUT2D eigenvalue weighted by atomic mass is 15.2. The molecule has 1 aromatic rings. The van der Waals surface area contributed by atoms with Crippen molar-refractivity contribution in [1.82, 2.24) is 14.5 Å². The molecule has 0 aromatic carbocycles. The van der Waals surface area contributed by atoms with Crippen molar-refractivity contribution in [3.63, 3.8) is 0 Å². The van der Waals surface area contributed by atoms with Crippen molar-refractivity contribution in [1.29, 1.82) is 0 Å². The number of nitrogens with zero attached hydrogens (tertiary/aromatic N) is 3. The van der Waals surface area contributed by atoms with Crippen LogP contribution in [0.1, 0.15) is 31.7 Å². The lowest BCUT2D eigenvalue weighted by Gasteiger charge is -2.36. The molecular weight excluding hydrogens is 174 g/mol. The van der Waals surface area contributed by atoms with Crippen LogP contribution in [0.15, 0.2) is 18.7 Å². The van der Waals surface area contributed by atoms with Crippen molar-refractivity contribution in [3.05, 3.63) is 18.7 Å². The highest BCUT2D eigenvalue weighted by molar-refractivity contribution is 4.89. The van der Waals surface area contributed by atoms with E-state index in [1.807, 2.05) is 12.5 Å². The molecule has 3 nitrogen and oxygen atoms in total. The van der Waals surface area contributed by atoms with Crippen LogP contribution in [0.25, 0.3) is 0 Å². The van der Waals surface area contributed by atoms with Gasteiger partial charge in [-0.25, -0.2) is 4.98 Å². The van der Waals surface area contributed by atoms with Crippen LogP contribution >= 0.6 is 0 Å². The minimum Gasteiger partial charge on any atom is -0.333 e. The Labute approximate surface area is 85.7 Å². The van der Waals surface area contributed by atoms with E-state index in [0.717, 1.165) is 0 Å². The van der Waals surface area contributed by atoms with E-state index in [1.165, 1.54) is 25.7 Å². The smallest absolute Gasteiger partial charge is 0.0949 e. The van der Waals surface area contributed by atoms with Crippen LogP contribution in [0, 0.1) is 0 Å². The first-order valence-electron chi connectivity index (χ1n) is 5.43. The van der Waals surface area contributed by atoms with Crippen molar-refractivity contribution in [2.75, 3.05) is 14.1 Å². The predicted molar refractivity (Wildman–Crippen MR) is 57.2 cm³/mol. The van der Waals surface area contributed by atoms with Crippen molar-refractivity contribution in [2.45, 2.75) is 37.8 Å². The molecule has 1 aromatic heterocycles. The standard InChI is InChI=1S/C11H19N3/c1-13(2)10-5-3-4-6-11(10)14-8-7-12-9-14/h7-11H,3-6H2,1-2H3. The third kappa shape index (κ3) is 1.82. The number of aromatic nitrogens is 2. The molecule has 0 radical (unpaired) electrons. The van der Waals surface area contributed by atoms with Crippen molar-refractivity contribution < 1.29 is 0 Å². The zero-order valence-corrected chi connectivity index (χ0v) is 9.06. The fraction of sp³-hybridized carbons (Fsp3) is 0.727. The van der Waals surface area contributed by atoms with E-state index in [9.17, 15) is 0 Å². The summed E-state index contributed by atoms with van der Waals surface area (Å²) in [5.74, 6) is 0. The minimum atomic E-state index is 0.626. The van der Waals surface area contributed by atoms with Crippen LogP contribution in [-0.4, -0.2) is 34.6 Å². The largest absolute Gasteiger partial charge is 0.333 e. The number of likely N-dealkylation sites (N-methyl/N-ethyl adjacent to an activating group) is 1. The van der Waals surface area contributed by atoms with Crippen molar-refractivity contribution in [3.8, 4) is 0 Å². The van der Waals surface area contributed by atoms with E-state index in [0.29, 0.717) is 12.1 Å². The van der Waals surface area contributed by atoms with E-state index in [4.69, 9.17) is 0 Å². The molecule has 2 atom stereocenters. The third-order valence-corrected chi connectivity index (χ3v) is 3.27. The molecule has 0 aliphatic heterocycles. The van der Waals surface area contributed by atoms with Crippen LogP contribution in [-0.2, 0) is 0 Å². The van der Waals surface area contributed by atoms with Gasteiger partial charge in [0.1, 0.15) is 0 Å². The molecule has 0 N–H and O–H groups in total. The molecule has 2 unspecified atom stereocenters. The molecule has 0 amide bonds. The zero-order chi connectivity index (χ0) is 9.97. The molecule has 1 fully saturated rings. The summed E-state index contributed by atoms with van der Waals surface area (Å²) >= 11 is 0. The van der Waals surface area contributed by atoms with Crippen LogP contribution in [0.4, 0.5) is 0 Å². The number of imidazole rings is 1. The average molecular weight is 193 g/mol. The van der Waals surface area contributed by atoms with Crippen LogP contribution in [0.3, 0.4) is 0 Å². The quantitative estimate of drug-likeness (QED) is 0.715. The Hall–Kier alpha value is -0.830. The van der Waals surface area contributed by atoms with Crippen molar-refractivity contribution in [2.24, 2.45) is 0 Å². The molecule has 2 rings (SSSR count). The Morgan fingerprint density at radius 3 is 2.71 bits per heavy atom. The van der Waals surface area contributed by atoms with E-state index in [2.05, 4.69) is 34.7 Å². The summed E-state index contributed by atoms with van der Waals surface area (Å²) < 4.78 is 2.27. The molecule has 1 heterocycles. The Balaban J connectivity index is 2.14. The lowest BCUT2D eigenvalue weighted by Crippen LogP contribution is -2.38. The molecule has 1 aliphatic rings. The predicted octanol–water partition coefficient (Wildman–Crippen LogP) is 1.93. The Bertz CT molecular complexity index is 266. The van der Waals surface area contributed by atoms with E-state index in [-0.39, 0.29) is 0 Å². The summed E-state index contributed by atoms with van der Waals surface area (Å²) in [6.07, 6.45) is 11.2. The van der Waals surface area contributed by atoms with Gasteiger partial charge in [0.25, 0.3) is 0 Å². The lowest BCUT2D eigenvalue weighted by molar-refractivity contribution is 0.159. The molecule has 0 saturated heterocycles. The van der Waals surface area contributed by atoms with Gasteiger partial charge in [-0.3, -0.25) is 0 Å². The molecule has 0 bridgehead atoms. The highest BCUT2D eigenvalue weighted by Crippen LogP contribution is 2.30. The van der Waals surface area contributed by atoms with E-state index >= 15 is 0 Å². The maximum atomic E-state index is 4.14. The Kier molecular flexibility index (Phi) is 2.87. The molecule has 1 saturated carbocycles. The second-order valence-corrected chi connectivity index (χ2v) is 4.39. The first-order valence-corrected chi connectivity index (χ1v) is 5.43.